The van der Waals surface area contributed by atoms with Gasteiger partial charge in [-0.2, -0.15) is 0 Å². The van der Waals surface area contributed by atoms with Crippen molar-refractivity contribution in [2.75, 3.05) is 13.1 Å². The molecule has 3 heteroatoms. The van der Waals surface area contributed by atoms with Gasteiger partial charge in [0.25, 0.3) is 0 Å². The molecule has 0 saturated carbocycles. The van der Waals surface area contributed by atoms with Crippen LogP contribution >= 0.6 is 0 Å². The minimum atomic E-state index is 0.0879. The van der Waals surface area contributed by atoms with Crippen molar-refractivity contribution in [3.05, 3.63) is 35.9 Å². The molecular formula is C12H17N2O. The van der Waals surface area contributed by atoms with Gasteiger partial charge in [-0.05, 0) is 5.56 Å². The Morgan fingerprint density at radius 2 is 2.07 bits per heavy atom. The van der Waals surface area contributed by atoms with Crippen molar-refractivity contribution >= 4 is 5.91 Å². The number of hydrogen-bond acceptors (Lipinski definition) is 1. The van der Waals surface area contributed by atoms with Gasteiger partial charge in [0.15, 0.2) is 0 Å². The predicted octanol–water partition coefficient (Wildman–Crippen LogP) is 1.32. The van der Waals surface area contributed by atoms with Crippen LogP contribution in [0.4, 0.5) is 0 Å². The lowest BCUT2D eigenvalue weighted by Gasteiger charge is -2.04. The highest BCUT2D eigenvalue weighted by atomic mass is 16.1. The molecule has 3 nitrogen and oxygen atoms in total. The third-order valence-electron chi connectivity index (χ3n) is 2.05. The van der Waals surface area contributed by atoms with Gasteiger partial charge >= 0.3 is 0 Å². The number of amides is 1. The van der Waals surface area contributed by atoms with E-state index in [1.165, 1.54) is 5.56 Å². The van der Waals surface area contributed by atoms with Gasteiger partial charge in [-0.15, -0.1) is 0 Å². The van der Waals surface area contributed by atoms with E-state index in [1.807, 2.05) is 37.3 Å². The monoisotopic (exact) mass is 205 g/mol. The lowest BCUT2D eigenvalue weighted by Crippen LogP contribution is -2.28. The first-order valence-electron chi connectivity index (χ1n) is 5.27. The maximum atomic E-state index is 10.9. The number of rotatable bonds is 6. The van der Waals surface area contributed by atoms with Gasteiger partial charge in [-0.3, -0.25) is 4.79 Å². The Bertz CT molecular complexity index is 285. The maximum absolute atomic E-state index is 10.9. The van der Waals surface area contributed by atoms with Crippen LogP contribution in [0.2, 0.25) is 0 Å². The average molecular weight is 205 g/mol. The topological polar surface area (TPSA) is 43.2 Å². The fourth-order valence-corrected chi connectivity index (χ4v) is 1.19. The van der Waals surface area contributed by atoms with Gasteiger partial charge < -0.3 is 5.32 Å². The van der Waals surface area contributed by atoms with Crippen LogP contribution in [0.3, 0.4) is 0 Å². The standard InChI is InChI=1S/C12H17N2O/c1-2-12(15)14-9-8-13-10-11-6-4-3-5-7-11/h3-7H,2,8-10H2,1H3,(H,14,15). The second-order valence-electron chi connectivity index (χ2n) is 3.29. The zero-order valence-corrected chi connectivity index (χ0v) is 9.07. The molecule has 1 rings (SSSR count). The number of hydrogen-bond donors (Lipinski definition) is 1. The zero-order valence-electron chi connectivity index (χ0n) is 9.07. The summed E-state index contributed by atoms with van der Waals surface area (Å²) in [5.41, 5.74) is 1.21. The van der Waals surface area contributed by atoms with E-state index in [2.05, 4.69) is 10.6 Å². The average Bonchev–Trinajstić information content (AvgIpc) is 2.29. The predicted molar refractivity (Wildman–Crippen MR) is 60.4 cm³/mol. The van der Waals surface area contributed by atoms with Crippen LogP contribution in [-0.4, -0.2) is 19.0 Å². The summed E-state index contributed by atoms with van der Waals surface area (Å²) in [5.74, 6) is 0.0879. The molecule has 81 valence electrons. The van der Waals surface area contributed by atoms with E-state index in [0.29, 0.717) is 19.5 Å². The Hall–Kier alpha value is -1.35. The molecule has 0 bridgehead atoms. The number of nitrogens with zero attached hydrogens (tertiary/aromatic N) is 1. The van der Waals surface area contributed by atoms with Crippen LogP contribution in [0.15, 0.2) is 30.3 Å². The quantitative estimate of drug-likeness (QED) is 0.699. The van der Waals surface area contributed by atoms with Crippen molar-refractivity contribution in [2.24, 2.45) is 0 Å². The van der Waals surface area contributed by atoms with Crippen LogP contribution < -0.4 is 10.6 Å². The van der Waals surface area contributed by atoms with Crippen molar-refractivity contribution in [1.29, 1.82) is 0 Å². The molecule has 0 aliphatic rings. The molecule has 0 fully saturated rings. The fourth-order valence-electron chi connectivity index (χ4n) is 1.19. The Labute approximate surface area is 90.9 Å². The number of nitrogens with one attached hydrogen (secondary N) is 1. The van der Waals surface area contributed by atoms with Crippen LogP contribution in [0.1, 0.15) is 18.9 Å². The summed E-state index contributed by atoms with van der Waals surface area (Å²) in [6.45, 7) is 3.89. The Kier molecular flexibility index (Phi) is 5.48. The fraction of sp³-hybridized carbons (Fsp3) is 0.417. The molecule has 0 atom stereocenters. The molecule has 0 aliphatic carbocycles. The Balaban J connectivity index is 2.05. The first kappa shape index (κ1) is 11.7. The largest absolute Gasteiger partial charge is 0.355 e. The van der Waals surface area contributed by atoms with Gasteiger partial charge in [-0.25, -0.2) is 5.32 Å². The Morgan fingerprint density at radius 3 is 2.73 bits per heavy atom. The van der Waals surface area contributed by atoms with Crippen molar-refractivity contribution in [2.45, 2.75) is 19.9 Å². The summed E-state index contributed by atoms with van der Waals surface area (Å²) in [4.78, 5) is 10.9. The molecule has 0 saturated heterocycles. The maximum Gasteiger partial charge on any atom is 0.219 e. The lowest BCUT2D eigenvalue weighted by atomic mass is 10.2. The molecule has 1 radical (unpaired) electrons. The van der Waals surface area contributed by atoms with E-state index in [1.54, 1.807) is 0 Å². The van der Waals surface area contributed by atoms with Gasteiger partial charge in [0.05, 0.1) is 0 Å². The molecule has 0 heterocycles. The highest BCUT2D eigenvalue weighted by molar-refractivity contribution is 5.75. The summed E-state index contributed by atoms with van der Waals surface area (Å²) in [6.07, 6.45) is 0.540. The second kappa shape index (κ2) is 7.01. The van der Waals surface area contributed by atoms with Crippen LogP contribution in [0.5, 0.6) is 0 Å². The van der Waals surface area contributed by atoms with Crippen molar-refractivity contribution in [3.63, 3.8) is 0 Å². The highest BCUT2D eigenvalue weighted by Crippen LogP contribution is 1.97. The minimum Gasteiger partial charge on any atom is -0.355 e. The summed E-state index contributed by atoms with van der Waals surface area (Å²) in [6, 6.07) is 10.1. The second-order valence-corrected chi connectivity index (χ2v) is 3.29. The number of carbonyl (C=O) groups is 1. The van der Waals surface area contributed by atoms with E-state index < -0.39 is 0 Å². The van der Waals surface area contributed by atoms with Gasteiger partial charge in [0.1, 0.15) is 0 Å². The summed E-state index contributed by atoms with van der Waals surface area (Å²) < 4.78 is 0. The first-order chi connectivity index (χ1) is 7.33. The third kappa shape index (κ3) is 5.18. The molecular weight excluding hydrogens is 188 g/mol. The Morgan fingerprint density at radius 1 is 1.33 bits per heavy atom. The normalized spacial score (nSPS) is 9.93. The van der Waals surface area contributed by atoms with E-state index >= 15 is 0 Å². The third-order valence-corrected chi connectivity index (χ3v) is 2.05. The van der Waals surface area contributed by atoms with Crippen molar-refractivity contribution in [3.8, 4) is 0 Å². The SMILES string of the molecule is CCC(=O)NCC[N]Cc1ccccc1. The van der Waals surface area contributed by atoms with E-state index in [0.717, 1.165) is 6.54 Å². The molecule has 1 aromatic rings. The summed E-state index contributed by atoms with van der Waals surface area (Å²) >= 11 is 0. The van der Waals surface area contributed by atoms with Gasteiger partial charge in [-0.1, -0.05) is 37.3 Å². The lowest BCUT2D eigenvalue weighted by molar-refractivity contribution is -0.120. The summed E-state index contributed by atoms with van der Waals surface area (Å²) in [7, 11) is 0. The number of carbonyl (C=O) groups excluding carboxylic acids is 1. The molecule has 0 spiro atoms. The zero-order chi connectivity index (χ0) is 10.9. The van der Waals surface area contributed by atoms with Crippen molar-refractivity contribution in [1.82, 2.24) is 10.6 Å². The van der Waals surface area contributed by atoms with Crippen LogP contribution in [0.25, 0.3) is 0 Å². The molecule has 0 aromatic heterocycles. The van der Waals surface area contributed by atoms with E-state index in [4.69, 9.17) is 0 Å². The van der Waals surface area contributed by atoms with Gasteiger partial charge in [0, 0.05) is 26.1 Å². The molecule has 1 N–H and O–H groups in total. The van der Waals surface area contributed by atoms with Gasteiger partial charge in [0.2, 0.25) is 5.91 Å². The van der Waals surface area contributed by atoms with Crippen LogP contribution in [0, 0.1) is 0 Å². The molecule has 1 aromatic carbocycles. The smallest absolute Gasteiger partial charge is 0.219 e. The van der Waals surface area contributed by atoms with E-state index in [-0.39, 0.29) is 5.91 Å². The van der Waals surface area contributed by atoms with Crippen molar-refractivity contribution < 1.29 is 4.79 Å². The molecule has 15 heavy (non-hydrogen) atoms. The number of benzene rings is 1. The molecule has 0 unspecified atom stereocenters. The molecule has 0 aliphatic heterocycles. The first-order valence-corrected chi connectivity index (χ1v) is 5.27. The van der Waals surface area contributed by atoms with E-state index in [9.17, 15) is 4.79 Å². The highest BCUT2D eigenvalue weighted by Gasteiger charge is 1.95. The summed E-state index contributed by atoms with van der Waals surface area (Å²) in [5, 5.41) is 7.12. The van der Waals surface area contributed by atoms with Crippen LogP contribution in [-0.2, 0) is 11.3 Å². The minimum absolute atomic E-state index is 0.0879. The molecule has 1 amide bonds.